The minimum Gasteiger partial charge on any atom is -0.273 e. The SMILES string of the molecule is O=C1CSC(=Nc2cccc(C(F)(F)F)c2)N1c1ccc(F)c(Cl)c1. The minimum absolute atomic E-state index is 0.0604. The number of amidine groups is 1. The van der Waals surface area contributed by atoms with Crippen LogP contribution in [0.5, 0.6) is 0 Å². The molecule has 0 atom stereocenters. The van der Waals surface area contributed by atoms with Crippen LogP contribution in [0.15, 0.2) is 47.5 Å². The third kappa shape index (κ3) is 3.80. The molecule has 0 saturated carbocycles. The first-order valence-corrected chi connectivity index (χ1v) is 8.29. The fraction of sp³-hybridized carbons (Fsp3) is 0.125. The van der Waals surface area contributed by atoms with E-state index in [1.807, 2.05) is 0 Å². The molecule has 25 heavy (non-hydrogen) atoms. The van der Waals surface area contributed by atoms with Crippen LogP contribution in [0.2, 0.25) is 5.02 Å². The summed E-state index contributed by atoms with van der Waals surface area (Å²) in [5.74, 6) is -0.883. The molecule has 0 unspecified atom stereocenters. The summed E-state index contributed by atoms with van der Waals surface area (Å²) in [5, 5.41) is 0.0348. The van der Waals surface area contributed by atoms with E-state index < -0.39 is 17.6 Å². The molecule has 1 aliphatic rings. The van der Waals surface area contributed by atoms with Gasteiger partial charge in [0.25, 0.3) is 0 Å². The van der Waals surface area contributed by atoms with Gasteiger partial charge in [-0.1, -0.05) is 29.4 Å². The molecular weight excluding hydrogens is 380 g/mol. The zero-order chi connectivity index (χ0) is 18.2. The summed E-state index contributed by atoms with van der Waals surface area (Å²) in [4.78, 5) is 17.5. The van der Waals surface area contributed by atoms with Crippen molar-refractivity contribution >= 4 is 45.8 Å². The molecule has 3 nitrogen and oxygen atoms in total. The Labute approximate surface area is 149 Å². The van der Waals surface area contributed by atoms with Crippen LogP contribution < -0.4 is 4.90 Å². The second-order valence-electron chi connectivity index (χ2n) is 5.06. The van der Waals surface area contributed by atoms with Gasteiger partial charge in [-0.3, -0.25) is 9.69 Å². The van der Waals surface area contributed by atoms with E-state index in [-0.39, 0.29) is 27.5 Å². The monoisotopic (exact) mass is 388 g/mol. The number of thioether (sulfide) groups is 1. The van der Waals surface area contributed by atoms with Crippen molar-refractivity contribution in [3.8, 4) is 0 Å². The Kier molecular flexibility index (Phi) is 4.75. The van der Waals surface area contributed by atoms with Crippen LogP contribution in [-0.4, -0.2) is 16.8 Å². The second kappa shape index (κ2) is 6.68. The zero-order valence-corrected chi connectivity index (χ0v) is 13.9. The Hall–Kier alpha value is -2.06. The van der Waals surface area contributed by atoms with Gasteiger partial charge >= 0.3 is 6.18 Å². The largest absolute Gasteiger partial charge is 0.416 e. The number of carbonyl (C=O) groups is 1. The van der Waals surface area contributed by atoms with Gasteiger partial charge in [0.15, 0.2) is 5.17 Å². The molecule has 1 amide bonds. The lowest BCUT2D eigenvalue weighted by Crippen LogP contribution is -2.29. The molecule has 0 bridgehead atoms. The third-order valence-electron chi connectivity index (χ3n) is 3.33. The second-order valence-corrected chi connectivity index (χ2v) is 6.41. The molecule has 1 aliphatic heterocycles. The highest BCUT2D eigenvalue weighted by molar-refractivity contribution is 8.15. The first kappa shape index (κ1) is 17.8. The van der Waals surface area contributed by atoms with E-state index in [9.17, 15) is 22.4 Å². The van der Waals surface area contributed by atoms with Crippen LogP contribution in [-0.2, 0) is 11.0 Å². The molecule has 0 N–H and O–H groups in total. The fourth-order valence-corrected chi connectivity index (χ4v) is 3.25. The normalized spacial score (nSPS) is 16.8. The summed E-state index contributed by atoms with van der Waals surface area (Å²) in [6, 6.07) is 8.20. The van der Waals surface area contributed by atoms with Crippen LogP contribution >= 0.6 is 23.4 Å². The molecule has 3 rings (SSSR count). The van der Waals surface area contributed by atoms with Crippen LogP contribution in [0.3, 0.4) is 0 Å². The smallest absolute Gasteiger partial charge is 0.273 e. The number of benzene rings is 2. The van der Waals surface area contributed by atoms with E-state index in [4.69, 9.17) is 11.6 Å². The Bertz CT molecular complexity index is 869. The Morgan fingerprint density at radius 2 is 1.92 bits per heavy atom. The lowest BCUT2D eigenvalue weighted by atomic mass is 10.2. The highest BCUT2D eigenvalue weighted by Gasteiger charge is 2.32. The topological polar surface area (TPSA) is 32.7 Å². The molecule has 1 heterocycles. The molecule has 2 aromatic carbocycles. The van der Waals surface area contributed by atoms with Crippen molar-refractivity contribution in [3.63, 3.8) is 0 Å². The van der Waals surface area contributed by atoms with E-state index >= 15 is 0 Å². The van der Waals surface area contributed by atoms with Crippen LogP contribution in [0, 0.1) is 5.82 Å². The van der Waals surface area contributed by atoms with E-state index in [1.165, 1.54) is 29.2 Å². The standard InChI is InChI=1S/C16H9ClF4N2OS/c17-12-7-11(4-5-13(12)18)23-14(24)8-25-15(23)22-10-3-1-2-9(6-10)16(19,20)21/h1-7H,8H2. The van der Waals surface area contributed by atoms with Gasteiger partial charge in [0.2, 0.25) is 5.91 Å². The van der Waals surface area contributed by atoms with E-state index in [2.05, 4.69) is 4.99 Å². The summed E-state index contributed by atoms with van der Waals surface area (Å²) < 4.78 is 51.7. The van der Waals surface area contributed by atoms with Crippen molar-refractivity contribution in [3.05, 3.63) is 58.9 Å². The minimum atomic E-state index is -4.49. The number of nitrogens with zero attached hydrogens (tertiary/aromatic N) is 2. The maximum absolute atomic E-state index is 13.3. The summed E-state index contributed by atoms with van der Waals surface area (Å²) in [5.41, 5.74) is -0.475. The molecule has 2 aromatic rings. The van der Waals surface area contributed by atoms with Gasteiger partial charge in [-0.2, -0.15) is 13.2 Å². The summed E-state index contributed by atoms with van der Waals surface area (Å²) in [6.07, 6.45) is -4.49. The van der Waals surface area contributed by atoms with Gasteiger partial charge in [-0.15, -0.1) is 0 Å². The first-order chi connectivity index (χ1) is 11.8. The van der Waals surface area contributed by atoms with E-state index in [0.717, 1.165) is 30.0 Å². The predicted molar refractivity (Wildman–Crippen MR) is 89.9 cm³/mol. The molecule has 0 spiro atoms. The fourth-order valence-electron chi connectivity index (χ4n) is 2.19. The number of carbonyl (C=O) groups excluding carboxylic acids is 1. The molecule has 0 aliphatic carbocycles. The molecule has 0 radical (unpaired) electrons. The first-order valence-electron chi connectivity index (χ1n) is 6.92. The molecule has 1 saturated heterocycles. The maximum Gasteiger partial charge on any atom is 0.416 e. The van der Waals surface area contributed by atoms with Crippen LogP contribution in [0.1, 0.15) is 5.56 Å². The highest BCUT2D eigenvalue weighted by atomic mass is 35.5. The van der Waals surface area contributed by atoms with Gasteiger partial charge in [0.1, 0.15) is 5.82 Å². The average molecular weight is 389 g/mol. The lowest BCUT2D eigenvalue weighted by molar-refractivity contribution is -0.137. The van der Waals surface area contributed by atoms with Gasteiger partial charge in [0.05, 0.1) is 27.7 Å². The van der Waals surface area contributed by atoms with Crippen molar-refractivity contribution in [2.75, 3.05) is 10.7 Å². The Balaban J connectivity index is 1.99. The molecular formula is C16H9ClF4N2OS. The van der Waals surface area contributed by atoms with Crippen LogP contribution in [0.4, 0.5) is 28.9 Å². The number of amides is 1. The lowest BCUT2D eigenvalue weighted by Gasteiger charge is -2.16. The quantitative estimate of drug-likeness (QED) is 0.657. The van der Waals surface area contributed by atoms with Gasteiger partial charge in [-0.05, 0) is 36.4 Å². The van der Waals surface area contributed by atoms with Gasteiger partial charge in [0, 0.05) is 0 Å². The molecule has 0 aromatic heterocycles. The average Bonchev–Trinajstić information content (AvgIpc) is 2.90. The van der Waals surface area contributed by atoms with E-state index in [1.54, 1.807) is 0 Å². The maximum atomic E-state index is 13.3. The predicted octanol–water partition coefficient (Wildman–Crippen LogP) is 5.27. The summed E-state index contributed by atoms with van der Waals surface area (Å²) >= 11 is 6.81. The molecule has 1 fully saturated rings. The highest BCUT2D eigenvalue weighted by Crippen LogP contribution is 2.34. The van der Waals surface area contributed by atoms with Crippen molar-refractivity contribution in [1.29, 1.82) is 0 Å². The number of rotatable bonds is 2. The molecule has 9 heteroatoms. The zero-order valence-electron chi connectivity index (χ0n) is 12.3. The van der Waals surface area contributed by atoms with Crippen molar-refractivity contribution in [1.82, 2.24) is 0 Å². The third-order valence-corrected chi connectivity index (χ3v) is 4.54. The Morgan fingerprint density at radius 3 is 2.60 bits per heavy atom. The molecule has 130 valence electrons. The van der Waals surface area contributed by atoms with Gasteiger partial charge < -0.3 is 0 Å². The number of aliphatic imine (C=N–C) groups is 1. The Morgan fingerprint density at radius 1 is 1.16 bits per heavy atom. The van der Waals surface area contributed by atoms with Crippen molar-refractivity contribution < 1.29 is 22.4 Å². The number of anilines is 1. The van der Waals surface area contributed by atoms with Gasteiger partial charge in [-0.25, -0.2) is 9.38 Å². The summed E-state index contributed by atoms with van der Waals surface area (Å²) in [6.45, 7) is 0. The van der Waals surface area contributed by atoms with Crippen molar-refractivity contribution in [2.45, 2.75) is 6.18 Å². The van der Waals surface area contributed by atoms with Crippen molar-refractivity contribution in [2.24, 2.45) is 4.99 Å². The number of hydrogen-bond acceptors (Lipinski definition) is 3. The number of alkyl halides is 3. The van der Waals surface area contributed by atoms with E-state index in [0.29, 0.717) is 5.69 Å². The van der Waals surface area contributed by atoms with Crippen LogP contribution in [0.25, 0.3) is 0 Å². The number of halogens is 5. The summed E-state index contributed by atoms with van der Waals surface area (Å²) in [7, 11) is 0. The number of hydrogen-bond donors (Lipinski definition) is 0.